The lowest BCUT2D eigenvalue weighted by molar-refractivity contribution is -0.136. The highest BCUT2D eigenvalue weighted by Crippen LogP contribution is 2.10. The van der Waals surface area contributed by atoms with Gasteiger partial charge in [-0.2, -0.15) is 0 Å². The molecule has 0 spiro atoms. The number of methoxy groups -OCH3 is 1. The van der Waals surface area contributed by atoms with Crippen LogP contribution in [0.3, 0.4) is 0 Å². The van der Waals surface area contributed by atoms with Crippen molar-refractivity contribution in [1.82, 2.24) is 5.32 Å². The summed E-state index contributed by atoms with van der Waals surface area (Å²) < 4.78 is 5.75. The first kappa shape index (κ1) is 16.2. The Hall–Kier alpha value is -2.15. The summed E-state index contributed by atoms with van der Waals surface area (Å²) in [5, 5.41) is 2.60. The number of benzene rings is 2. The summed E-state index contributed by atoms with van der Waals surface area (Å²) in [5.41, 5.74) is 1.37. The van der Waals surface area contributed by atoms with Crippen LogP contribution in [0.5, 0.6) is 0 Å². The highest BCUT2D eigenvalue weighted by molar-refractivity contribution is 14.1. The van der Waals surface area contributed by atoms with Gasteiger partial charge in [0.05, 0.1) is 7.11 Å². The van der Waals surface area contributed by atoms with Crippen molar-refractivity contribution in [3.63, 3.8) is 0 Å². The molecule has 0 atom stereocenters. The van der Waals surface area contributed by atoms with Crippen LogP contribution in [0.25, 0.3) is 6.08 Å². The minimum atomic E-state index is -0.595. The third-order valence-electron chi connectivity index (χ3n) is 2.87. The van der Waals surface area contributed by atoms with Gasteiger partial charge >= 0.3 is 5.97 Å². The topological polar surface area (TPSA) is 55.4 Å². The van der Waals surface area contributed by atoms with Gasteiger partial charge in [-0.05, 0) is 58.5 Å². The number of esters is 1. The maximum absolute atomic E-state index is 12.2. The zero-order valence-electron chi connectivity index (χ0n) is 11.9. The van der Waals surface area contributed by atoms with E-state index in [1.165, 1.54) is 7.11 Å². The van der Waals surface area contributed by atoms with Gasteiger partial charge in [-0.25, -0.2) is 4.79 Å². The molecule has 0 aliphatic rings. The Kier molecular flexibility index (Phi) is 5.71. The number of rotatable bonds is 4. The Morgan fingerprint density at radius 2 is 1.68 bits per heavy atom. The molecule has 2 aromatic carbocycles. The number of nitrogens with one attached hydrogen (secondary N) is 1. The molecule has 22 heavy (non-hydrogen) atoms. The molecule has 1 N–H and O–H groups in total. The van der Waals surface area contributed by atoms with Gasteiger partial charge < -0.3 is 10.1 Å². The van der Waals surface area contributed by atoms with E-state index in [-0.39, 0.29) is 11.6 Å². The van der Waals surface area contributed by atoms with E-state index < -0.39 is 5.97 Å². The SMILES string of the molecule is COC(=O)/C(=C\c1ccccc1)NC(=O)c1ccc(I)cc1. The van der Waals surface area contributed by atoms with E-state index in [1.54, 1.807) is 18.2 Å². The largest absolute Gasteiger partial charge is 0.464 e. The molecule has 0 saturated carbocycles. The number of carbonyl (C=O) groups excluding carboxylic acids is 2. The molecule has 0 aliphatic heterocycles. The summed E-state index contributed by atoms with van der Waals surface area (Å²) in [6.45, 7) is 0. The van der Waals surface area contributed by atoms with E-state index in [0.29, 0.717) is 5.56 Å². The summed E-state index contributed by atoms with van der Waals surface area (Å²) in [5.74, 6) is -0.952. The van der Waals surface area contributed by atoms with Crippen molar-refractivity contribution >= 4 is 40.5 Å². The Labute approximate surface area is 142 Å². The molecule has 0 unspecified atom stereocenters. The molecule has 0 radical (unpaired) electrons. The van der Waals surface area contributed by atoms with Crippen molar-refractivity contribution < 1.29 is 14.3 Å². The van der Waals surface area contributed by atoms with Gasteiger partial charge in [0, 0.05) is 9.13 Å². The molecule has 0 heterocycles. The second-order valence-corrected chi connectivity index (χ2v) is 5.67. The lowest BCUT2D eigenvalue weighted by Gasteiger charge is -2.08. The number of carbonyl (C=O) groups is 2. The molecule has 0 fully saturated rings. The van der Waals surface area contributed by atoms with Gasteiger partial charge in [-0.3, -0.25) is 4.79 Å². The number of hydrogen-bond donors (Lipinski definition) is 1. The molecule has 5 heteroatoms. The van der Waals surface area contributed by atoms with E-state index >= 15 is 0 Å². The lowest BCUT2D eigenvalue weighted by Crippen LogP contribution is -2.28. The van der Waals surface area contributed by atoms with Gasteiger partial charge in [0.1, 0.15) is 5.70 Å². The first-order chi connectivity index (χ1) is 10.6. The van der Waals surface area contributed by atoms with Crippen molar-refractivity contribution in [2.45, 2.75) is 0 Å². The monoisotopic (exact) mass is 407 g/mol. The van der Waals surface area contributed by atoms with Crippen LogP contribution < -0.4 is 5.32 Å². The summed E-state index contributed by atoms with van der Waals surface area (Å²) in [6.07, 6.45) is 1.58. The first-order valence-corrected chi connectivity index (χ1v) is 7.60. The van der Waals surface area contributed by atoms with Crippen molar-refractivity contribution in [1.29, 1.82) is 0 Å². The van der Waals surface area contributed by atoms with E-state index in [2.05, 4.69) is 27.9 Å². The van der Waals surface area contributed by atoms with Crippen LogP contribution >= 0.6 is 22.6 Å². The predicted octanol–water partition coefficient (Wildman–Crippen LogP) is 3.24. The fraction of sp³-hybridized carbons (Fsp3) is 0.0588. The minimum Gasteiger partial charge on any atom is -0.464 e. The zero-order chi connectivity index (χ0) is 15.9. The third kappa shape index (κ3) is 4.42. The maximum atomic E-state index is 12.2. The van der Waals surface area contributed by atoms with Crippen LogP contribution in [0.15, 0.2) is 60.3 Å². The Bertz CT molecular complexity index is 694. The Morgan fingerprint density at radius 3 is 2.27 bits per heavy atom. The molecule has 4 nitrogen and oxygen atoms in total. The standard InChI is InChI=1S/C17H14INO3/c1-22-17(21)15(11-12-5-3-2-4-6-12)19-16(20)13-7-9-14(18)10-8-13/h2-11H,1H3,(H,19,20)/b15-11+. The van der Waals surface area contributed by atoms with Gasteiger partial charge in [0.15, 0.2) is 0 Å². The number of ether oxygens (including phenoxy) is 1. The molecule has 0 bridgehead atoms. The summed E-state index contributed by atoms with van der Waals surface area (Å²) in [4.78, 5) is 24.0. The molecule has 2 rings (SSSR count). The number of hydrogen-bond acceptors (Lipinski definition) is 3. The highest BCUT2D eigenvalue weighted by atomic mass is 127. The smallest absolute Gasteiger partial charge is 0.354 e. The summed E-state index contributed by atoms with van der Waals surface area (Å²) >= 11 is 2.16. The van der Waals surface area contributed by atoms with Crippen molar-refractivity contribution in [3.05, 3.63) is 75.0 Å². The molecule has 112 valence electrons. The van der Waals surface area contributed by atoms with Gasteiger partial charge in [-0.1, -0.05) is 30.3 Å². The quantitative estimate of drug-likeness (QED) is 0.481. The summed E-state index contributed by atoms with van der Waals surface area (Å²) in [7, 11) is 1.28. The molecule has 0 saturated heterocycles. The fourth-order valence-electron chi connectivity index (χ4n) is 1.77. The van der Waals surface area contributed by atoms with Crippen LogP contribution in [0.2, 0.25) is 0 Å². The second kappa shape index (κ2) is 7.74. The van der Waals surface area contributed by atoms with Crippen molar-refractivity contribution in [3.8, 4) is 0 Å². The number of halogens is 1. The molecule has 0 aliphatic carbocycles. The minimum absolute atomic E-state index is 0.0947. The Balaban J connectivity index is 2.24. The highest BCUT2D eigenvalue weighted by Gasteiger charge is 2.14. The molecule has 1 amide bonds. The van der Waals surface area contributed by atoms with E-state index in [9.17, 15) is 9.59 Å². The average molecular weight is 407 g/mol. The van der Waals surface area contributed by atoms with Gasteiger partial charge in [0.25, 0.3) is 5.91 Å². The van der Waals surface area contributed by atoms with Crippen LogP contribution in [0.1, 0.15) is 15.9 Å². The normalized spacial score (nSPS) is 10.9. The van der Waals surface area contributed by atoms with E-state index in [4.69, 9.17) is 4.74 Å². The molecular weight excluding hydrogens is 393 g/mol. The fourth-order valence-corrected chi connectivity index (χ4v) is 2.13. The van der Waals surface area contributed by atoms with Crippen molar-refractivity contribution in [2.75, 3.05) is 7.11 Å². The number of amides is 1. The van der Waals surface area contributed by atoms with Gasteiger partial charge in [-0.15, -0.1) is 0 Å². The van der Waals surface area contributed by atoms with Crippen LogP contribution in [-0.2, 0) is 9.53 Å². The Morgan fingerprint density at radius 1 is 1.05 bits per heavy atom. The first-order valence-electron chi connectivity index (χ1n) is 6.52. The summed E-state index contributed by atoms with van der Waals surface area (Å²) in [6, 6.07) is 16.3. The molecule has 0 aromatic heterocycles. The van der Waals surface area contributed by atoms with E-state index in [0.717, 1.165) is 9.13 Å². The van der Waals surface area contributed by atoms with E-state index in [1.807, 2.05) is 42.5 Å². The average Bonchev–Trinajstić information content (AvgIpc) is 2.55. The maximum Gasteiger partial charge on any atom is 0.354 e. The second-order valence-electron chi connectivity index (χ2n) is 4.42. The molecular formula is C17H14INO3. The van der Waals surface area contributed by atoms with Crippen LogP contribution in [0.4, 0.5) is 0 Å². The van der Waals surface area contributed by atoms with Crippen LogP contribution in [0, 0.1) is 3.57 Å². The zero-order valence-corrected chi connectivity index (χ0v) is 14.0. The van der Waals surface area contributed by atoms with Gasteiger partial charge in [0.2, 0.25) is 0 Å². The lowest BCUT2D eigenvalue weighted by atomic mass is 10.1. The van der Waals surface area contributed by atoms with Crippen LogP contribution in [-0.4, -0.2) is 19.0 Å². The van der Waals surface area contributed by atoms with Crippen molar-refractivity contribution in [2.24, 2.45) is 0 Å². The third-order valence-corrected chi connectivity index (χ3v) is 3.59. The molecule has 2 aromatic rings. The predicted molar refractivity (Wildman–Crippen MR) is 93.1 cm³/mol.